The molecule has 0 radical (unpaired) electrons. The van der Waals surface area contributed by atoms with Crippen molar-refractivity contribution in [1.29, 1.82) is 0 Å². The minimum absolute atomic E-state index is 0.111. The number of pyridine rings is 1. The van der Waals surface area contributed by atoms with Crippen molar-refractivity contribution in [2.45, 2.75) is 0 Å². The van der Waals surface area contributed by atoms with E-state index in [9.17, 15) is 10.1 Å². The van der Waals surface area contributed by atoms with Gasteiger partial charge < -0.3 is 15.4 Å². The van der Waals surface area contributed by atoms with Crippen molar-refractivity contribution in [3.05, 3.63) is 46.6 Å². The van der Waals surface area contributed by atoms with Crippen molar-refractivity contribution in [3.63, 3.8) is 0 Å². The van der Waals surface area contributed by atoms with Crippen LogP contribution in [0.4, 0.5) is 22.9 Å². The number of nitro groups is 1. The van der Waals surface area contributed by atoms with Crippen LogP contribution in [0.15, 0.2) is 36.5 Å². The summed E-state index contributed by atoms with van der Waals surface area (Å²) < 4.78 is 5.49. The molecule has 0 aliphatic carbocycles. The summed E-state index contributed by atoms with van der Waals surface area (Å²) in [6.07, 6.45) is 1.69. The van der Waals surface area contributed by atoms with Crippen molar-refractivity contribution < 1.29 is 9.66 Å². The summed E-state index contributed by atoms with van der Waals surface area (Å²) in [5.74, 6) is 1.20. The molecular weight excluding hydrogens is 260 g/mol. The third kappa shape index (κ3) is 1.99. The van der Waals surface area contributed by atoms with Gasteiger partial charge in [-0.15, -0.1) is 0 Å². The summed E-state index contributed by atoms with van der Waals surface area (Å²) in [4.78, 5) is 16.6. The number of fused-ring (bicyclic) bond motifs is 1. The fourth-order valence-electron chi connectivity index (χ4n) is 2.18. The second-order valence-corrected chi connectivity index (χ2v) is 4.32. The third-order valence-electron chi connectivity index (χ3n) is 3.09. The van der Waals surface area contributed by atoms with Gasteiger partial charge in [-0.2, -0.15) is 0 Å². The first kappa shape index (κ1) is 12.2. The molecule has 7 nitrogen and oxygen atoms in total. The van der Waals surface area contributed by atoms with Crippen LogP contribution in [0.3, 0.4) is 0 Å². The van der Waals surface area contributed by atoms with E-state index >= 15 is 0 Å². The minimum Gasteiger partial charge on any atom is -0.489 e. The molecule has 0 atom stereocenters. The highest BCUT2D eigenvalue weighted by Gasteiger charge is 2.25. The van der Waals surface area contributed by atoms with E-state index in [4.69, 9.17) is 10.5 Å². The second kappa shape index (κ2) is 4.69. The van der Waals surface area contributed by atoms with E-state index in [0.717, 1.165) is 5.82 Å². The maximum Gasteiger partial charge on any atom is 0.295 e. The van der Waals surface area contributed by atoms with Crippen molar-refractivity contribution in [3.8, 4) is 5.75 Å². The van der Waals surface area contributed by atoms with Gasteiger partial charge in [0.2, 0.25) is 0 Å². The predicted octanol–water partition coefficient (Wildman–Crippen LogP) is 2.10. The number of anilines is 3. The molecule has 1 aromatic carbocycles. The Hall–Kier alpha value is -2.83. The van der Waals surface area contributed by atoms with Crippen molar-refractivity contribution in [2.75, 3.05) is 23.8 Å². The molecule has 0 amide bonds. The van der Waals surface area contributed by atoms with Crippen LogP contribution in [0.5, 0.6) is 5.75 Å². The molecule has 7 heteroatoms. The average Bonchev–Trinajstić information content (AvgIpc) is 2.46. The fourth-order valence-corrected chi connectivity index (χ4v) is 2.18. The number of aromatic nitrogens is 1. The van der Waals surface area contributed by atoms with Gasteiger partial charge in [0.1, 0.15) is 23.9 Å². The summed E-state index contributed by atoms with van der Waals surface area (Å²) in [5.41, 5.74) is 6.40. The smallest absolute Gasteiger partial charge is 0.295 e. The van der Waals surface area contributed by atoms with Crippen LogP contribution in [0.25, 0.3) is 0 Å². The maximum absolute atomic E-state index is 10.9. The SMILES string of the molecule is Nc1cc2c(cc1[N+](=O)[O-])OCCN2c1ccccn1. The van der Waals surface area contributed by atoms with Crippen LogP contribution in [-0.4, -0.2) is 23.1 Å². The van der Waals surface area contributed by atoms with Gasteiger partial charge in [0, 0.05) is 6.20 Å². The van der Waals surface area contributed by atoms with E-state index in [1.54, 1.807) is 12.3 Å². The number of nitrogens with two attached hydrogens (primary N) is 1. The van der Waals surface area contributed by atoms with Crippen LogP contribution in [0.2, 0.25) is 0 Å². The summed E-state index contributed by atoms with van der Waals surface area (Å²) in [7, 11) is 0. The van der Waals surface area contributed by atoms with Gasteiger partial charge in [-0.3, -0.25) is 10.1 Å². The quantitative estimate of drug-likeness (QED) is 0.511. The zero-order valence-corrected chi connectivity index (χ0v) is 10.5. The Balaban J connectivity index is 2.10. The largest absolute Gasteiger partial charge is 0.489 e. The van der Waals surface area contributed by atoms with Gasteiger partial charge >= 0.3 is 0 Å². The number of hydrogen-bond donors (Lipinski definition) is 1. The van der Waals surface area contributed by atoms with Gasteiger partial charge in [-0.1, -0.05) is 6.07 Å². The zero-order chi connectivity index (χ0) is 14.1. The molecule has 0 bridgehead atoms. The highest BCUT2D eigenvalue weighted by Crippen LogP contribution is 2.41. The maximum atomic E-state index is 10.9. The summed E-state index contributed by atoms with van der Waals surface area (Å²) in [6, 6.07) is 8.50. The van der Waals surface area contributed by atoms with Gasteiger partial charge in [0.25, 0.3) is 5.69 Å². The lowest BCUT2D eigenvalue weighted by Gasteiger charge is -2.30. The number of ether oxygens (including phenoxy) is 1. The number of nitro benzene ring substituents is 1. The molecule has 2 aromatic rings. The molecule has 0 saturated heterocycles. The number of hydrogen-bond acceptors (Lipinski definition) is 6. The monoisotopic (exact) mass is 272 g/mol. The Bertz CT molecular complexity index is 660. The predicted molar refractivity (Wildman–Crippen MR) is 74.2 cm³/mol. The first-order valence-electron chi connectivity index (χ1n) is 6.06. The number of rotatable bonds is 2. The molecule has 1 aliphatic heterocycles. The van der Waals surface area contributed by atoms with E-state index in [-0.39, 0.29) is 11.4 Å². The lowest BCUT2D eigenvalue weighted by molar-refractivity contribution is -0.384. The molecule has 2 N–H and O–H groups in total. The molecule has 1 aliphatic rings. The Morgan fingerprint density at radius 3 is 2.95 bits per heavy atom. The van der Waals surface area contributed by atoms with Gasteiger partial charge in [0.15, 0.2) is 0 Å². The molecule has 0 spiro atoms. The fraction of sp³-hybridized carbons (Fsp3) is 0.154. The number of nitrogens with zero attached hydrogens (tertiary/aromatic N) is 3. The lowest BCUT2D eigenvalue weighted by atomic mass is 10.2. The molecule has 0 saturated carbocycles. The third-order valence-corrected chi connectivity index (χ3v) is 3.09. The molecule has 1 aromatic heterocycles. The normalized spacial score (nSPS) is 13.5. The molecule has 20 heavy (non-hydrogen) atoms. The minimum atomic E-state index is -0.515. The average molecular weight is 272 g/mol. The molecule has 2 heterocycles. The highest BCUT2D eigenvalue weighted by molar-refractivity contribution is 5.77. The van der Waals surface area contributed by atoms with Gasteiger partial charge in [0.05, 0.1) is 23.2 Å². The van der Waals surface area contributed by atoms with E-state index in [1.807, 2.05) is 23.1 Å². The second-order valence-electron chi connectivity index (χ2n) is 4.32. The van der Waals surface area contributed by atoms with Crippen LogP contribution in [0, 0.1) is 10.1 Å². The summed E-state index contributed by atoms with van der Waals surface area (Å²) >= 11 is 0. The molecule has 102 valence electrons. The zero-order valence-electron chi connectivity index (χ0n) is 10.5. The van der Waals surface area contributed by atoms with Crippen molar-refractivity contribution >= 4 is 22.9 Å². The highest BCUT2D eigenvalue weighted by atomic mass is 16.6. The van der Waals surface area contributed by atoms with Gasteiger partial charge in [-0.25, -0.2) is 4.98 Å². The summed E-state index contributed by atoms with van der Waals surface area (Å²) in [6.45, 7) is 1.05. The van der Waals surface area contributed by atoms with Crippen LogP contribution < -0.4 is 15.4 Å². The summed E-state index contributed by atoms with van der Waals surface area (Å²) in [5, 5.41) is 10.9. The first-order chi connectivity index (χ1) is 9.66. The van der Waals surface area contributed by atoms with Gasteiger partial charge in [-0.05, 0) is 18.2 Å². The first-order valence-corrected chi connectivity index (χ1v) is 6.06. The Labute approximate surface area is 114 Å². The molecular formula is C13H12N4O3. The van der Waals surface area contributed by atoms with E-state index < -0.39 is 4.92 Å². The van der Waals surface area contributed by atoms with E-state index in [1.165, 1.54) is 6.07 Å². The lowest BCUT2D eigenvalue weighted by Crippen LogP contribution is -2.29. The number of nitrogen functional groups attached to an aromatic ring is 1. The Kier molecular flexibility index (Phi) is 2.86. The standard InChI is InChI=1S/C13H12N4O3/c14-9-7-11-12(8-10(9)17(18)19)20-6-5-16(11)13-3-1-2-4-15-13/h1-4,7-8H,5-6,14H2. The Morgan fingerprint density at radius 1 is 1.40 bits per heavy atom. The van der Waals surface area contributed by atoms with Crippen LogP contribution in [-0.2, 0) is 0 Å². The molecule has 0 unspecified atom stereocenters. The molecule has 0 fully saturated rings. The van der Waals surface area contributed by atoms with Crippen molar-refractivity contribution in [1.82, 2.24) is 4.98 Å². The van der Waals surface area contributed by atoms with E-state index in [2.05, 4.69) is 4.98 Å². The van der Waals surface area contributed by atoms with Crippen molar-refractivity contribution in [2.24, 2.45) is 0 Å². The van der Waals surface area contributed by atoms with Crippen LogP contribution >= 0.6 is 0 Å². The van der Waals surface area contributed by atoms with E-state index in [0.29, 0.717) is 24.6 Å². The number of benzene rings is 1. The Morgan fingerprint density at radius 2 is 2.25 bits per heavy atom. The van der Waals surface area contributed by atoms with Crippen LogP contribution in [0.1, 0.15) is 0 Å². The molecule has 3 rings (SSSR count). The topological polar surface area (TPSA) is 94.5 Å².